The van der Waals surface area contributed by atoms with Gasteiger partial charge in [0.05, 0.1) is 49.3 Å². The van der Waals surface area contributed by atoms with Crippen molar-refractivity contribution in [2.45, 2.75) is 25.4 Å². The van der Waals surface area contributed by atoms with Crippen molar-refractivity contribution >= 4 is 40.2 Å². The Kier molecular flexibility index (Phi) is 8.68. The van der Waals surface area contributed by atoms with Gasteiger partial charge in [0.1, 0.15) is 17.6 Å². The SMILES string of the molecule is COCCOC[C@H](N)CCCOc1ccc(Cl)c(Cl)c1Cn1cnc2c(N)ncnc21. The first-order chi connectivity index (χ1) is 15.0. The Bertz CT molecular complexity index is 1000. The average Bonchev–Trinajstić information content (AvgIpc) is 3.17. The van der Waals surface area contributed by atoms with Crippen molar-refractivity contribution in [1.29, 1.82) is 0 Å². The molecule has 1 aromatic carbocycles. The molecule has 0 spiro atoms. The van der Waals surface area contributed by atoms with E-state index in [0.29, 0.717) is 65.7 Å². The summed E-state index contributed by atoms with van der Waals surface area (Å²) in [6.45, 7) is 2.43. The predicted molar refractivity (Wildman–Crippen MR) is 121 cm³/mol. The molecule has 0 saturated heterocycles. The number of rotatable bonds is 12. The number of hydrogen-bond donors (Lipinski definition) is 2. The zero-order valence-corrected chi connectivity index (χ0v) is 18.8. The number of hydrogen-bond acceptors (Lipinski definition) is 8. The van der Waals surface area contributed by atoms with Crippen LogP contribution in [0.5, 0.6) is 5.75 Å². The summed E-state index contributed by atoms with van der Waals surface area (Å²) < 4.78 is 18.2. The molecule has 168 valence electrons. The van der Waals surface area contributed by atoms with Crippen molar-refractivity contribution in [2.75, 3.05) is 39.3 Å². The van der Waals surface area contributed by atoms with Gasteiger partial charge in [-0.1, -0.05) is 23.2 Å². The smallest absolute Gasteiger partial charge is 0.165 e. The minimum absolute atomic E-state index is 0.0591. The third-order valence-electron chi connectivity index (χ3n) is 4.65. The number of aromatic nitrogens is 4. The van der Waals surface area contributed by atoms with Crippen LogP contribution < -0.4 is 16.2 Å². The van der Waals surface area contributed by atoms with Crippen LogP contribution in [0.4, 0.5) is 5.82 Å². The Morgan fingerprint density at radius 1 is 1.13 bits per heavy atom. The van der Waals surface area contributed by atoms with Crippen molar-refractivity contribution in [2.24, 2.45) is 5.73 Å². The van der Waals surface area contributed by atoms with Crippen LogP contribution in [0.2, 0.25) is 10.0 Å². The van der Waals surface area contributed by atoms with Gasteiger partial charge in [0.2, 0.25) is 0 Å². The molecule has 0 radical (unpaired) electrons. The molecule has 11 heteroatoms. The van der Waals surface area contributed by atoms with Crippen LogP contribution in [0.15, 0.2) is 24.8 Å². The van der Waals surface area contributed by atoms with Gasteiger partial charge in [-0.05, 0) is 25.0 Å². The van der Waals surface area contributed by atoms with Crippen LogP contribution in [-0.4, -0.2) is 59.1 Å². The zero-order valence-electron chi connectivity index (χ0n) is 17.3. The second-order valence-corrected chi connectivity index (χ2v) is 7.75. The quantitative estimate of drug-likeness (QED) is 0.388. The summed E-state index contributed by atoms with van der Waals surface area (Å²) in [7, 11) is 1.64. The number of ether oxygens (including phenoxy) is 3. The Hall–Kier alpha value is -2.17. The highest BCUT2D eigenvalue weighted by Gasteiger charge is 2.16. The fraction of sp³-hybridized carbons (Fsp3) is 0.450. The Morgan fingerprint density at radius 2 is 1.97 bits per heavy atom. The first-order valence-corrected chi connectivity index (χ1v) is 10.6. The van der Waals surface area contributed by atoms with Gasteiger partial charge < -0.3 is 30.2 Å². The van der Waals surface area contributed by atoms with Gasteiger partial charge >= 0.3 is 0 Å². The number of nitrogens with zero attached hydrogens (tertiary/aromatic N) is 4. The third-order valence-corrected chi connectivity index (χ3v) is 5.50. The lowest BCUT2D eigenvalue weighted by atomic mass is 10.1. The molecular formula is C20H26Cl2N6O3. The Labute approximate surface area is 190 Å². The average molecular weight is 469 g/mol. The zero-order chi connectivity index (χ0) is 22.2. The molecule has 2 aromatic heterocycles. The predicted octanol–water partition coefficient (Wildman–Crippen LogP) is 2.91. The number of nitrogens with two attached hydrogens (primary N) is 2. The van der Waals surface area contributed by atoms with E-state index in [1.165, 1.54) is 6.33 Å². The van der Waals surface area contributed by atoms with E-state index in [2.05, 4.69) is 15.0 Å². The van der Waals surface area contributed by atoms with Gasteiger partial charge in [0.15, 0.2) is 11.5 Å². The molecule has 4 N–H and O–H groups in total. The second-order valence-electron chi connectivity index (χ2n) is 6.96. The number of halogens is 2. The molecule has 1 atom stereocenters. The largest absolute Gasteiger partial charge is 0.493 e. The number of anilines is 1. The standard InChI is InChI=1S/C20H26Cl2N6O3/c1-29-7-8-30-10-13(23)3-2-6-31-16-5-4-15(21)17(22)14(16)9-28-12-27-18-19(24)25-11-26-20(18)28/h4-5,11-13H,2-3,6-10,23H2,1H3,(H2,24,25,26)/t13-/m1/s1. The Balaban J connectivity index is 1.63. The lowest BCUT2D eigenvalue weighted by Gasteiger charge is -2.16. The highest BCUT2D eigenvalue weighted by molar-refractivity contribution is 6.42. The fourth-order valence-corrected chi connectivity index (χ4v) is 3.42. The van der Waals surface area contributed by atoms with Crippen molar-refractivity contribution in [3.63, 3.8) is 0 Å². The van der Waals surface area contributed by atoms with E-state index in [1.807, 2.05) is 4.57 Å². The molecular weight excluding hydrogens is 443 g/mol. The summed E-state index contributed by atoms with van der Waals surface area (Å²) in [5.74, 6) is 0.961. The van der Waals surface area contributed by atoms with E-state index in [4.69, 9.17) is 48.9 Å². The summed E-state index contributed by atoms with van der Waals surface area (Å²) in [5.41, 5.74) is 13.8. The summed E-state index contributed by atoms with van der Waals surface area (Å²) in [4.78, 5) is 12.5. The van der Waals surface area contributed by atoms with Crippen LogP contribution in [0.3, 0.4) is 0 Å². The van der Waals surface area contributed by atoms with E-state index in [1.54, 1.807) is 25.6 Å². The maximum absolute atomic E-state index is 6.49. The molecule has 0 fully saturated rings. The van der Waals surface area contributed by atoms with Crippen molar-refractivity contribution in [3.8, 4) is 5.75 Å². The van der Waals surface area contributed by atoms with Crippen LogP contribution in [0.1, 0.15) is 18.4 Å². The van der Waals surface area contributed by atoms with E-state index >= 15 is 0 Å². The molecule has 2 heterocycles. The molecule has 3 aromatic rings. The molecule has 31 heavy (non-hydrogen) atoms. The molecule has 0 aliphatic rings. The van der Waals surface area contributed by atoms with Gasteiger partial charge in [-0.15, -0.1) is 0 Å². The molecule has 0 saturated carbocycles. The molecule has 3 rings (SSSR count). The van der Waals surface area contributed by atoms with Gasteiger partial charge in [-0.25, -0.2) is 15.0 Å². The van der Waals surface area contributed by atoms with E-state index in [9.17, 15) is 0 Å². The highest BCUT2D eigenvalue weighted by atomic mass is 35.5. The molecule has 9 nitrogen and oxygen atoms in total. The molecule has 0 aliphatic carbocycles. The Morgan fingerprint density at radius 3 is 2.77 bits per heavy atom. The van der Waals surface area contributed by atoms with Crippen molar-refractivity contribution in [3.05, 3.63) is 40.4 Å². The third kappa shape index (κ3) is 6.18. The molecule has 0 amide bonds. The van der Waals surface area contributed by atoms with Crippen molar-refractivity contribution < 1.29 is 14.2 Å². The minimum Gasteiger partial charge on any atom is -0.493 e. The lowest BCUT2D eigenvalue weighted by molar-refractivity contribution is 0.0619. The van der Waals surface area contributed by atoms with Gasteiger partial charge in [-0.2, -0.15) is 0 Å². The van der Waals surface area contributed by atoms with Crippen LogP contribution in [0, 0.1) is 0 Å². The van der Waals surface area contributed by atoms with E-state index in [-0.39, 0.29) is 6.04 Å². The number of benzene rings is 1. The fourth-order valence-electron chi connectivity index (χ4n) is 3.03. The maximum Gasteiger partial charge on any atom is 0.165 e. The van der Waals surface area contributed by atoms with Crippen LogP contribution in [0.25, 0.3) is 11.2 Å². The maximum atomic E-state index is 6.49. The molecule has 0 unspecified atom stereocenters. The lowest BCUT2D eigenvalue weighted by Crippen LogP contribution is -2.27. The van der Waals surface area contributed by atoms with Gasteiger partial charge in [0, 0.05) is 18.7 Å². The normalized spacial score (nSPS) is 12.4. The summed E-state index contributed by atoms with van der Waals surface area (Å²) in [5, 5.41) is 0.865. The van der Waals surface area contributed by atoms with Crippen molar-refractivity contribution in [1.82, 2.24) is 19.5 Å². The number of nitrogen functional groups attached to an aromatic ring is 1. The number of fused-ring (bicyclic) bond motifs is 1. The van der Waals surface area contributed by atoms with E-state index in [0.717, 1.165) is 18.4 Å². The van der Waals surface area contributed by atoms with Crippen LogP contribution >= 0.6 is 23.2 Å². The first kappa shape index (κ1) is 23.5. The first-order valence-electron chi connectivity index (χ1n) is 9.84. The van der Waals surface area contributed by atoms with Gasteiger partial charge in [-0.3, -0.25) is 0 Å². The molecule has 0 bridgehead atoms. The van der Waals surface area contributed by atoms with Gasteiger partial charge in [0.25, 0.3) is 0 Å². The second kappa shape index (κ2) is 11.4. The number of imidazole rings is 1. The monoisotopic (exact) mass is 468 g/mol. The molecule has 0 aliphatic heterocycles. The summed E-state index contributed by atoms with van der Waals surface area (Å²) in [6.07, 6.45) is 4.58. The summed E-state index contributed by atoms with van der Waals surface area (Å²) in [6, 6.07) is 3.46. The van der Waals surface area contributed by atoms with E-state index < -0.39 is 0 Å². The number of methoxy groups -OCH3 is 1. The summed E-state index contributed by atoms with van der Waals surface area (Å²) >= 11 is 12.7. The topological polar surface area (TPSA) is 123 Å². The minimum atomic E-state index is -0.0591. The highest BCUT2D eigenvalue weighted by Crippen LogP contribution is 2.34. The van der Waals surface area contributed by atoms with Crippen LogP contribution in [-0.2, 0) is 16.0 Å².